The van der Waals surface area contributed by atoms with Crippen molar-refractivity contribution in [2.45, 2.75) is 33.2 Å². The molecule has 8 heteroatoms. The minimum absolute atomic E-state index is 0.210. The summed E-state index contributed by atoms with van der Waals surface area (Å²) >= 11 is 0. The number of nitrogens with two attached hydrogens (primary N) is 1. The van der Waals surface area contributed by atoms with Gasteiger partial charge in [-0.15, -0.1) is 0 Å². The molecule has 0 heterocycles. The normalized spacial score (nSPS) is 12.8. The first-order valence-electron chi connectivity index (χ1n) is 7.53. The number of nitrogens with one attached hydrogen (secondary N) is 2. The summed E-state index contributed by atoms with van der Waals surface area (Å²) in [6.45, 7) is 4.74. The molecule has 0 aromatic heterocycles. The van der Waals surface area contributed by atoms with E-state index in [1.54, 1.807) is 13.8 Å². The molecule has 0 radical (unpaired) electrons. The first kappa shape index (κ1) is 19.4. The van der Waals surface area contributed by atoms with Crippen molar-refractivity contribution in [3.63, 3.8) is 0 Å². The lowest BCUT2D eigenvalue weighted by molar-refractivity contribution is -0.150. The molecule has 0 saturated heterocycles. The van der Waals surface area contributed by atoms with E-state index in [-0.39, 0.29) is 5.92 Å². The van der Waals surface area contributed by atoms with Gasteiger partial charge in [-0.1, -0.05) is 26.3 Å². The molecule has 0 aliphatic heterocycles. The lowest BCUT2D eigenvalue weighted by Crippen LogP contribution is -2.48. The van der Waals surface area contributed by atoms with E-state index >= 15 is 0 Å². The maximum absolute atomic E-state index is 13.2. The number of amides is 3. The largest absolute Gasteiger partial charge is 0.454 e. The summed E-state index contributed by atoms with van der Waals surface area (Å²) in [6, 6.07) is 2.18. The molecule has 0 fully saturated rings. The van der Waals surface area contributed by atoms with Crippen LogP contribution in [0.2, 0.25) is 0 Å². The fraction of sp³-hybridized carbons (Fsp3) is 0.438. The number of hydrogen-bond acceptors (Lipinski definition) is 4. The van der Waals surface area contributed by atoms with Crippen molar-refractivity contribution in [2.75, 3.05) is 11.9 Å². The van der Waals surface area contributed by atoms with Crippen molar-refractivity contribution in [3.05, 3.63) is 29.6 Å². The summed E-state index contributed by atoms with van der Waals surface area (Å²) in [5, 5.41) is 4.76. The second-order valence-electron chi connectivity index (χ2n) is 5.49. The Morgan fingerprint density at radius 1 is 1.33 bits per heavy atom. The van der Waals surface area contributed by atoms with Gasteiger partial charge >= 0.3 is 12.0 Å². The molecule has 1 aromatic carbocycles. The first-order chi connectivity index (χ1) is 11.2. The van der Waals surface area contributed by atoms with Crippen LogP contribution in [-0.2, 0) is 14.3 Å². The molecule has 2 atom stereocenters. The van der Waals surface area contributed by atoms with E-state index in [1.165, 1.54) is 18.2 Å². The molecule has 0 bridgehead atoms. The number of halogens is 1. The number of hydrogen-bond donors (Lipinski definition) is 3. The van der Waals surface area contributed by atoms with Crippen LogP contribution in [0.4, 0.5) is 14.9 Å². The van der Waals surface area contributed by atoms with Crippen LogP contribution < -0.4 is 16.4 Å². The molecule has 0 saturated carbocycles. The Balaban J connectivity index is 2.62. The summed E-state index contributed by atoms with van der Waals surface area (Å²) in [6.07, 6.45) is 0.606. The van der Waals surface area contributed by atoms with Gasteiger partial charge in [-0.05, 0) is 30.5 Å². The zero-order chi connectivity index (χ0) is 18.3. The number of anilines is 1. The average molecular weight is 339 g/mol. The second-order valence-corrected chi connectivity index (χ2v) is 5.49. The van der Waals surface area contributed by atoms with Crippen LogP contribution >= 0.6 is 0 Å². The zero-order valence-electron chi connectivity index (χ0n) is 13.9. The van der Waals surface area contributed by atoms with E-state index in [2.05, 4.69) is 10.6 Å². The number of rotatable bonds is 7. The van der Waals surface area contributed by atoms with E-state index in [0.717, 1.165) is 0 Å². The Morgan fingerprint density at radius 3 is 2.58 bits per heavy atom. The maximum atomic E-state index is 13.2. The van der Waals surface area contributed by atoms with Crippen molar-refractivity contribution in [1.29, 1.82) is 0 Å². The van der Waals surface area contributed by atoms with Gasteiger partial charge in [0.15, 0.2) is 6.61 Å². The molecule has 1 aromatic rings. The summed E-state index contributed by atoms with van der Waals surface area (Å²) in [4.78, 5) is 34.8. The molecule has 0 unspecified atom stereocenters. The number of carbonyl (C=O) groups is 3. The van der Waals surface area contributed by atoms with Crippen molar-refractivity contribution in [3.8, 4) is 0 Å². The predicted molar refractivity (Wildman–Crippen MR) is 86.7 cm³/mol. The highest BCUT2D eigenvalue weighted by Gasteiger charge is 2.27. The highest BCUT2D eigenvalue weighted by atomic mass is 19.1. The minimum atomic E-state index is -0.934. The van der Waals surface area contributed by atoms with Gasteiger partial charge in [0.05, 0.1) is 0 Å². The fourth-order valence-corrected chi connectivity index (χ4v) is 1.96. The van der Waals surface area contributed by atoms with E-state index in [1.807, 2.05) is 6.92 Å². The standard InChI is InChI=1S/C16H22FN3O4/c1-4-9(2)14(20-16(18)23)15(22)24-8-13(21)19-12-7-11(17)6-5-10(12)3/h5-7,9,14H,4,8H2,1-3H3,(H,19,21)(H3,18,20,23)/t9-,14+/m1/s1. The molecule has 0 aliphatic carbocycles. The van der Waals surface area contributed by atoms with Gasteiger partial charge in [0, 0.05) is 5.69 Å². The lowest BCUT2D eigenvalue weighted by atomic mass is 9.99. The molecule has 7 nitrogen and oxygen atoms in total. The number of benzene rings is 1. The molecule has 3 amide bonds. The molecule has 4 N–H and O–H groups in total. The number of primary amides is 1. The van der Waals surface area contributed by atoms with Crippen molar-refractivity contribution >= 4 is 23.6 Å². The van der Waals surface area contributed by atoms with Crippen LogP contribution in [0.1, 0.15) is 25.8 Å². The van der Waals surface area contributed by atoms with Gasteiger partial charge in [-0.25, -0.2) is 14.0 Å². The van der Waals surface area contributed by atoms with Crippen LogP contribution in [0.3, 0.4) is 0 Å². The van der Waals surface area contributed by atoms with Crippen LogP contribution in [0, 0.1) is 18.7 Å². The van der Waals surface area contributed by atoms with Crippen molar-refractivity contribution in [2.24, 2.45) is 11.7 Å². The maximum Gasteiger partial charge on any atom is 0.329 e. The Morgan fingerprint density at radius 2 is 2.00 bits per heavy atom. The Labute approximate surface area is 139 Å². The highest BCUT2D eigenvalue weighted by molar-refractivity contribution is 5.94. The number of ether oxygens (including phenoxy) is 1. The monoisotopic (exact) mass is 339 g/mol. The third kappa shape index (κ3) is 5.86. The molecular formula is C16H22FN3O4. The van der Waals surface area contributed by atoms with Crippen LogP contribution in [0.15, 0.2) is 18.2 Å². The van der Waals surface area contributed by atoms with Gasteiger partial charge in [-0.2, -0.15) is 0 Å². The van der Waals surface area contributed by atoms with Crippen molar-refractivity contribution < 1.29 is 23.5 Å². The van der Waals surface area contributed by atoms with Crippen LogP contribution in [0.25, 0.3) is 0 Å². The number of carbonyl (C=O) groups excluding carboxylic acids is 3. The van der Waals surface area contributed by atoms with E-state index < -0.39 is 36.4 Å². The molecule has 0 spiro atoms. The Hall–Kier alpha value is -2.64. The summed E-state index contributed by atoms with van der Waals surface area (Å²) in [7, 11) is 0. The summed E-state index contributed by atoms with van der Waals surface area (Å²) in [5.41, 5.74) is 6.01. The molecule has 0 aliphatic rings. The molecule has 24 heavy (non-hydrogen) atoms. The van der Waals surface area contributed by atoms with Crippen molar-refractivity contribution in [1.82, 2.24) is 5.32 Å². The van der Waals surface area contributed by atoms with Gasteiger partial charge in [0.1, 0.15) is 11.9 Å². The topological polar surface area (TPSA) is 111 Å². The van der Waals surface area contributed by atoms with Gasteiger partial charge < -0.3 is 21.1 Å². The summed E-state index contributed by atoms with van der Waals surface area (Å²) in [5.74, 6) is -2.07. The fourth-order valence-electron chi connectivity index (χ4n) is 1.96. The van der Waals surface area contributed by atoms with Gasteiger partial charge in [0.2, 0.25) is 0 Å². The predicted octanol–water partition coefficient (Wildman–Crippen LogP) is 1.70. The molecule has 132 valence electrons. The Bertz CT molecular complexity index is 621. The summed E-state index contributed by atoms with van der Waals surface area (Å²) < 4.78 is 18.1. The van der Waals surface area contributed by atoms with Gasteiger partial charge in [-0.3, -0.25) is 4.79 Å². The van der Waals surface area contributed by atoms with Crippen LogP contribution in [-0.4, -0.2) is 30.6 Å². The Kier molecular flexibility index (Phi) is 7.16. The minimum Gasteiger partial charge on any atom is -0.454 e. The number of esters is 1. The van der Waals surface area contributed by atoms with Crippen LogP contribution in [0.5, 0.6) is 0 Å². The van der Waals surface area contributed by atoms with Gasteiger partial charge in [0.25, 0.3) is 5.91 Å². The highest BCUT2D eigenvalue weighted by Crippen LogP contribution is 2.16. The SMILES string of the molecule is CC[C@@H](C)[C@H](NC(N)=O)C(=O)OCC(=O)Nc1cc(F)ccc1C. The first-order valence-corrected chi connectivity index (χ1v) is 7.53. The number of urea groups is 1. The smallest absolute Gasteiger partial charge is 0.329 e. The van der Waals surface area contributed by atoms with E-state index in [9.17, 15) is 18.8 Å². The molecular weight excluding hydrogens is 317 g/mol. The lowest BCUT2D eigenvalue weighted by Gasteiger charge is -2.21. The number of aryl methyl sites for hydroxylation is 1. The van der Waals surface area contributed by atoms with E-state index in [0.29, 0.717) is 17.7 Å². The third-order valence-electron chi connectivity index (χ3n) is 3.58. The van der Waals surface area contributed by atoms with E-state index in [4.69, 9.17) is 10.5 Å². The zero-order valence-corrected chi connectivity index (χ0v) is 13.9. The average Bonchev–Trinajstić information content (AvgIpc) is 2.52. The molecule has 1 rings (SSSR count). The second kappa shape index (κ2) is 8.85. The quantitative estimate of drug-likeness (QED) is 0.657. The third-order valence-corrected chi connectivity index (χ3v) is 3.58.